The van der Waals surface area contributed by atoms with Crippen molar-refractivity contribution in [3.63, 3.8) is 0 Å². The van der Waals surface area contributed by atoms with Crippen LogP contribution in [0, 0.1) is 10.1 Å². The fraction of sp³-hybridized carbons (Fsp3) is 0.714. The van der Waals surface area contributed by atoms with E-state index in [1.807, 2.05) is 0 Å². The molecule has 1 aliphatic rings. The van der Waals surface area contributed by atoms with E-state index in [4.69, 9.17) is 0 Å². The summed E-state index contributed by atoms with van der Waals surface area (Å²) in [5, 5.41) is 3.80. The number of halogens is 1. The smallest absolute Gasteiger partial charge is 0.0171 e. The summed E-state index contributed by atoms with van der Waals surface area (Å²) in [5.41, 5.74) is 0. The highest BCUT2D eigenvalue weighted by atomic mass is 79.9. The molecule has 0 aromatic carbocycles. The first-order valence-corrected chi connectivity index (χ1v) is 4.87. The summed E-state index contributed by atoms with van der Waals surface area (Å²) >= 11 is 4.85. The predicted molar refractivity (Wildman–Crippen MR) is 46.6 cm³/mol. The molecule has 1 rings (SSSR count). The molecule has 0 bridgehead atoms. The van der Waals surface area contributed by atoms with E-state index in [9.17, 15) is 0 Å². The molecule has 0 aromatic heterocycles. The molecular formula is C7H9BrS. The van der Waals surface area contributed by atoms with E-state index < -0.39 is 0 Å². The first-order chi connectivity index (χ1) is 4.43. The Labute approximate surface area is 68.9 Å². The standard InChI is InChI=1S/C7H9BrS/c8-5-6-9-7-3-1-2-4-7/h7H,1-4H2. The van der Waals surface area contributed by atoms with Gasteiger partial charge in [0.05, 0.1) is 0 Å². The average Bonchev–Trinajstić information content (AvgIpc) is 2.34. The molecule has 9 heavy (non-hydrogen) atoms. The van der Waals surface area contributed by atoms with Gasteiger partial charge in [0.1, 0.15) is 0 Å². The van der Waals surface area contributed by atoms with Gasteiger partial charge in [0.2, 0.25) is 0 Å². The van der Waals surface area contributed by atoms with Crippen molar-refractivity contribution in [2.24, 2.45) is 0 Å². The number of rotatable bonds is 1. The van der Waals surface area contributed by atoms with Gasteiger partial charge < -0.3 is 0 Å². The molecule has 0 N–H and O–H groups in total. The summed E-state index contributed by atoms with van der Waals surface area (Å²) in [6, 6.07) is 0. The highest BCUT2D eigenvalue weighted by Crippen LogP contribution is 2.28. The summed E-state index contributed by atoms with van der Waals surface area (Å²) in [5.74, 6) is 0. The maximum Gasteiger partial charge on any atom is 0.0171 e. The van der Waals surface area contributed by atoms with Crippen molar-refractivity contribution in [2.45, 2.75) is 30.9 Å². The highest BCUT2D eigenvalue weighted by Gasteiger charge is 2.13. The zero-order valence-corrected chi connectivity index (χ0v) is 7.59. The maximum absolute atomic E-state index is 3.07. The first-order valence-electron chi connectivity index (χ1n) is 3.20. The van der Waals surface area contributed by atoms with E-state index in [0.717, 1.165) is 5.25 Å². The molecule has 1 aliphatic carbocycles. The minimum atomic E-state index is 0.829. The fourth-order valence-corrected chi connectivity index (χ4v) is 2.17. The highest BCUT2D eigenvalue weighted by molar-refractivity contribution is 9.12. The Morgan fingerprint density at radius 3 is 2.56 bits per heavy atom. The minimum Gasteiger partial charge on any atom is -0.0707 e. The van der Waals surface area contributed by atoms with E-state index >= 15 is 0 Å². The Kier molecular flexibility index (Phi) is 3.54. The lowest BCUT2D eigenvalue weighted by atomic mass is 10.4. The van der Waals surface area contributed by atoms with Gasteiger partial charge in [-0.25, -0.2) is 0 Å². The molecule has 0 aromatic rings. The largest absolute Gasteiger partial charge is 0.0707 e. The fourth-order valence-electron chi connectivity index (χ4n) is 1.11. The van der Waals surface area contributed by atoms with Gasteiger partial charge >= 0.3 is 0 Å². The summed E-state index contributed by atoms with van der Waals surface area (Å²) in [6.45, 7) is 0. The molecule has 2 heteroatoms. The van der Waals surface area contributed by atoms with Crippen LogP contribution in [-0.2, 0) is 0 Å². The summed E-state index contributed by atoms with van der Waals surface area (Å²) in [7, 11) is 0. The van der Waals surface area contributed by atoms with Crippen LogP contribution < -0.4 is 0 Å². The summed E-state index contributed by atoms with van der Waals surface area (Å²) in [6.07, 6.45) is 5.54. The van der Waals surface area contributed by atoms with Crippen molar-refractivity contribution in [1.29, 1.82) is 0 Å². The molecule has 1 fully saturated rings. The molecule has 1 saturated carbocycles. The lowest BCUT2D eigenvalue weighted by Gasteiger charge is -1.98. The second-order valence-electron chi connectivity index (χ2n) is 2.22. The normalized spacial score (nSPS) is 19.2. The molecular weight excluding hydrogens is 196 g/mol. The first kappa shape index (κ1) is 7.50. The third-order valence-corrected chi connectivity index (χ3v) is 3.05. The second-order valence-corrected chi connectivity index (χ2v) is 3.72. The Bertz CT molecular complexity index is 128. The molecule has 0 radical (unpaired) electrons. The molecule has 0 unspecified atom stereocenters. The molecule has 0 aliphatic heterocycles. The number of hydrogen-bond donors (Lipinski definition) is 0. The van der Waals surface area contributed by atoms with Gasteiger partial charge in [0.25, 0.3) is 0 Å². The van der Waals surface area contributed by atoms with Gasteiger partial charge in [-0.15, -0.1) is 0 Å². The van der Waals surface area contributed by atoms with Crippen LogP contribution >= 0.6 is 27.7 Å². The number of hydrogen-bond acceptors (Lipinski definition) is 1. The van der Waals surface area contributed by atoms with E-state index in [0.29, 0.717) is 0 Å². The Morgan fingerprint density at radius 1 is 1.33 bits per heavy atom. The third kappa shape index (κ3) is 2.64. The van der Waals surface area contributed by atoms with Crippen molar-refractivity contribution < 1.29 is 0 Å². The lowest BCUT2D eigenvalue weighted by molar-refractivity contribution is 0.886. The zero-order chi connectivity index (χ0) is 6.53. The van der Waals surface area contributed by atoms with Crippen LogP contribution in [-0.4, -0.2) is 5.25 Å². The molecule has 0 heterocycles. The maximum atomic E-state index is 3.07. The van der Waals surface area contributed by atoms with Gasteiger partial charge in [-0.3, -0.25) is 0 Å². The van der Waals surface area contributed by atoms with Crippen molar-refractivity contribution in [1.82, 2.24) is 0 Å². The zero-order valence-electron chi connectivity index (χ0n) is 5.19. The van der Waals surface area contributed by atoms with Crippen LogP contribution in [0.2, 0.25) is 0 Å². The van der Waals surface area contributed by atoms with E-state index in [-0.39, 0.29) is 0 Å². The van der Waals surface area contributed by atoms with E-state index in [1.54, 1.807) is 11.8 Å². The molecule has 0 atom stereocenters. The topological polar surface area (TPSA) is 0 Å². The van der Waals surface area contributed by atoms with Crippen LogP contribution in [0.25, 0.3) is 0 Å². The van der Waals surface area contributed by atoms with Crippen molar-refractivity contribution >= 4 is 27.7 Å². The summed E-state index contributed by atoms with van der Waals surface area (Å²) in [4.78, 5) is 2.72. The van der Waals surface area contributed by atoms with E-state index in [2.05, 4.69) is 26.0 Å². The monoisotopic (exact) mass is 204 g/mol. The van der Waals surface area contributed by atoms with Gasteiger partial charge in [-0.1, -0.05) is 24.6 Å². The Balaban J connectivity index is 2.16. The van der Waals surface area contributed by atoms with Crippen molar-refractivity contribution in [3.05, 3.63) is 0 Å². The Hall–Kier alpha value is 0.390. The Morgan fingerprint density at radius 2 is 2.00 bits per heavy atom. The third-order valence-electron chi connectivity index (χ3n) is 1.57. The van der Waals surface area contributed by atoms with E-state index in [1.165, 1.54) is 25.7 Å². The molecule has 0 amide bonds. The molecule has 0 saturated heterocycles. The van der Waals surface area contributed by atoms with Crippen LogP contribution in [0.1, 0.15) is 25.7 Å². The molecule has 0 nitrogen and oxygen atoms in total. The van der Waals surface area contributed by atoms with Gasteiger partial charge in [0.15, 0.2) is 0 Å². The molecule has 50 valence electrons. The van der Waals surface area contributed by atoms with Crippen molar-refractivity contribution in [3.8, 4) is 10.1 Å². The van der Waals surface area contributed by atoms with Crippen LogP contribution in [0.4, 0.5) is 0 Å². The predicted octanol–water partition coefficient (Wildman–Crippen LogP) is 2.98. The van der Waals surface area contributed by atoms with Crippen molar-refractivity contribution in [2.75, 3.05) is 0 Å². The lowest BCUT2D eigenvalue weighted by Crippen LogP contribution is -1.89. The van der Waals surface area contributed by atoms with Gasteiger partial charge in [-0.2, -0.15) is 0 Å². The quantitative estimate of drug-likeness (QED) is 0.593. The molecule has 0 spiro atoms. The van der Waals surface area contributed by atoms with Crippen LogP contribution in [0.3, 0.4) is 0 Å². The number of thioether (sulfide) groups is 1. The average molecular weight is 205 g/mol. The SMILES string of the molecule is BrC#CSC1CCCC1. The van der Waals surface area contributed by atoms with Crippen LogP contribution in [0.5, 0.6) is 0 Å². The second kappa shape index (κ2) is 4.24. The van der Waals surface area contributed by atoms with Gasteiger partial charge in [0, 0.05) is 21.2 Å². The van der Waals surface area contributed by atoms with Gasteiger partial charge in [-0.05, 0) is 22.9 Å². The summed E-state index contributed by atoms with van der Waals surface area (Å²) < 4.78 is 0. The minimum absolute atomic E-state index is 0.829. The van der Waals surface area contributed by atoms with Crippen LogP contribution in [0.15, 0.2) is 0 Å².